The number of allylic oxidation sites excluding steroid dienone is 1. The highest BCUT2D eigenvalue weighted by molar-refractivity contribution is 6.11. The van der Waals surface area contributed by atoms with Crippen LogP contribution in [-0.2, 0) is 0 Å². The Labute approximate surface area is 142 Å². The maximum atomic E-state index is 12.7. The molecule has 0 aliphatic heterocycles. The molecule has 2 heteroatoms. The van der Waals surface area contributed by atoms with Gasteiger partial charge in [-0.1, -0.05) is 72.8 Å². The summed E-state index contributed by atoms with van der Waals surface area (Å²) in [6.07, 6.45) is 3.39. The van der Waals surface area contributed by atoms with E-state index < -0.39 is 0 Å². The van der Waals surface area contributed by atoms with E-state index in [4.69, 9.17) is 4.74 Å². The van der Waals surface area contributed by atoms with E-state index in [1.165, 1.54) is 0 Å². The maximum Gasteiger partial charge on any atom is 0.186 e. The fourth-order valence-electron chi connectivity index (χ4n) is 2.63. The summed E-state index contributed by atoms with van der Waals surface area (Å²) in [7, 11) is 1.62. The standard InChI is InChI=1S/C22H18O2/c1-24-22-14-8-5-11-18(22)15-16-21(23)20-13-7-6-12-19(20)17-9-3-2-4-10-17/h2-16H,1H3/b16-15+. The minimum absolute atomic E-state index is 0.0274. The Balaban J connectivity index is 1.93. The summed E-state index contributed by atoms with van der Waals surface area (Å²) >= 11 is 0. The van der Waals surface area contributed by atoms with Crippen molar-refractivity contribution in [1.29, 1.82) is 0 Å². The molecule has 0 heterocycles. The largest absolute Gasteiger partial charge is 0.496 e. The second kappa shape index (κ2) is 7.42. The number of para-hydroxylation sites is 1. The van der Waals surface area contributed by atoms with Gasteiger partial charge in [0, 0.05) is 11.1 Å². The lowest BCUT2D eigenvalue weighted by Crippen LogP contribution is -1.97. The van der Waals surface area contributed by atoms with Crippen molar-refractivity contribution in [2.75, 3.05) is 7.11 Å². The molecule has 0 aromatic heterocycles. The number of carbonyl (C=O) groups excluding carboxylic acids is 1. The molecule has 3 aromatic rings. The van der Waals surface area contributed by atoms with Crippen molar-refractivity contribution in [2.45, 2.75) is 0 Å². The number of hydrogen-bond donors (Lipinski definition) is 0. The molecule has 0 atom stereocenters. The summed E-state index contributed by atoms with van der Waals surface area (Å²) in [5.41, 5.74) is 3.54. The summed E-state index contributed by atoms with van der Waals surface area (Å²) in [6, 6.07) is 25.2. The number of methoxy groups -OCH3 is 1. The minimum Gasteiger partial charge on any atom is -0.496 e. The highest BCUT2D eigenvalue weighted by atomic mass is 16.5. The molecule has 0 fully saturated rings. The van der Waals surface area contributed by atoms with Gasteiger partial charge in [-0.2, -0.15) is 0 Å². The van der Waals surface area contributed by atoms with Crippen molar-refractivity contribution >= 4 is 11.9 Å². The molecule has 0 aliphatic rings. The minimum atomic E-state index is -0.0274. The Hall–Kier alpha value is -3.13. The van der Waals surface area contributed by atoms with Crippen LogP contribution < -0.4 is 4.74 Å². The predicted molar refractivity (Wildman–Crippen MR) is 98.2 cm³/mol. The zero-order chi connectivity index (χ0) is 16.8. The highest BCUT2D eigenvalue weighted by Crippen LogP contribution is 2.25. The van der Waals surface area contributed by atoms with Gasteiger partial charge in [-0.3, -0.25) is 4.79 Å². The van der Waals surface area contributed by atoms with Crippen LogP contribution in [0.5, 0.6) is 5.75 Å². The summed E-state index contributed by atoms with van der Waals surface area (Å²) in [5, 5.41) is 0. The molecule has 0 saturated carbocycles. The van der Waals surface area contributed by atoms with Gasteiger partial charge in [0.25, 0.3) is 0 Å². The first kappa shape index (κ1) is 15.8. The second-order valence-electron chi connectivity index (χ2n) is 5.35. The number of hydrogen-bond acceptors (Lipinski definition) is 2. The quantitative estimate of drug-likeness (QED) is 0.474. The van der Waals surface area contributed by atoms with Crippen molar-refractivity contribution in [3.63, 3.8) is 0 Å². The molecule has 3 rings (SSSR count). The molecule has 0 amide bonds. The lowest BCUT2D eigenvalue weighted by Gasteiger charge is -2.07. The Morgan fingerprint density at radius 2 is 1.50 bits per heavy atom. The van der Waals surface area contributed by atoms with Crippen molar-refractivity contribution in [2.24, 2.45) is 0 Å². The van der Waals surface area contributed by atoms with Crippen LogP contribution >= 0.6 is 0 Å². The number of ketones is 1. The van der Waals surface area contributed by atoms with E-state index in [1.54, 1.807) is 19.3 Å². The van der Waals surface area contributed by atoms with E-state index >= 15 is 0 Å². The molecule has 24 heavy (non-hydrogen) atoms. The Morgan fingerprint density at radius 3 is 2.29 bits per heavy atom. The molecule has 0 unspecified atom stereocenters. The van der Waals surface area contributed by atoms with E-state index in [2.05, 4.69) is 0 Å². The molecule has 3 aromatic carbocycles. The van der Waals surface area contributed by atoms with Crippen molar-refractivity contribution in [3.8, 4) is 16.9 Å². The monoisotopic (exact) mass is 314 g/mol. The van der Waals surface area contributed by atoms with Crippen molar-refractivity contribution < 1.29 is 9.53 Å². The molecular weight excluding hydrogens is 296 g/mol. The van der Waals surface area contributed by atoms with Crippen LogP contribution in [0.15, 0.2) is 84.9 Å². The molecule has 0 N–H and O–H groups in total. The average Bonchev–Trinajstić information content (AvgIpc) is 2.67. The Morgan fingerprint density at radius 1 is 0.833 bits per heavy atom. The van der Waals surface area contributed by atoms with Crippen LogP contribution in [0.2, 0.25) is 0 Å². The summed E-state index contributed by atoms with van der Waals surface area (Å²) in [4.78, 5) is 12.7. The van der Waals surface area contributed by atoms with E-state index in [9.17, 15) is 4.79 Å². The molecule has 0 spiro atoms. The van der Waals surface area contributed by atoms with Crippen molar-refractivity contribution in [3.05, 3.63) is 96.1 Å². The molecule has 2 nitrogen and oxygen atoms in total. The van der Waals surface area contributed by atoms with E-state index in [-0.39, 0.29) is 5.78 Å². The van der Waals surface area contributed by atoms with E-state index in [1.807, 2.05) is 78.9 Å². The van der Waals surface area contributed by atoms with E-state index in [0.29, 0.717) is 5.56 Å². The summed E-state index contributed by atoms with van der Waals surface area (Å²) in [6.45, 7) is 0. The number of rotatable bonds is 5. The van der Waals surface area contributed by atoms with Crippen molar-refractivity contribution in [1.82, 2.24) is 0 Å². The molecule has 0 radical (unpaired) electrons. The Bertz CT molecular complexity index is 864. The third-order valence-electron chi connectivity index (χ3n) is 3.83. The van der Waals surface area contributed by atoms with E-state index in [0.717, 1.165) is 22.4 Å². The zero-order valence-electron chi connectivity index (χ0n) is 13.5. The third-order valence-corrected chi connectivity index (χ3v) is 3.83. The zero-order valence-corrected chi connectivity index (χ0v) is 13.5. The van der Waals surface area contributed by atoms with Gasteiger partial charge in [-0.15, -0.1) is 0 Å². The topological polar surface area (TPSA) is 26.3 Å². The SMILES string of the molecule is COc1ccccc1/C=C/C(=O)c1ccccc1-c1ccccc1. The molecule has 118 valence electrons. The molecular formula is C22H18O2. The number of benzene rings is 3. The van der Waals surface area contributed by atoms with Gasteiger partial charge in [-0.05, 0) is 29.3 Å². The fourth-order valence-corrected chi connectivity index (χ4v) is 2.63. The number of carbonyl (C=O) groups is 1. The van der Waals surface area contributed by atoms with Gasteiger partial charge < -0.3 is 4.74 Å². The fraction of sp³-hybridized carbons (Fsp3) is 0.0455. The first-order valence-electron chi connectivity index (χ1n) is 7.79. The van der Waals surface area contributed by atoms with Crippen LogP contribution in [0.3, 0.4) is 0 Å². The highest BCUT2D eigenvalue weighted by Gasteiger charge is 2.10. The van der Waals surface area contributed by atoms with Gasteiger partial charge in [0.05, 0.1) is 7.11 Å². The summed E-state index contributed by atoms with van der Waals surface area (Å²) in [5.74, 6) is 0.721. The third kappa shape index (κ3) is 3.44. The van der Waals surface area contributed by atoms with Gasteiger partial charge in [0.2, 0.25) is 0 Å². The average molecular weight is 314 g/mol. The van der Waals surface area contributed by atoms with Gasteiger partial charge in [0.1, 0.15) is 5.75 Å². The van der Waals surface area contributed by atoms with Crippen LogP contribution in [0.4, 0.5) is 0 Å². The molecule has 0 aliphatic carbocycles. The maximum absolute atomic E-state index is 12.7. The normalized spacial score (nSPS) is 10.7. The first-order chi connectivity index (χ1) is 11.8. The molecule has 0 saturated heterocycles. The first-order valence-corrected chi connectivity index (χ1v) is 7.79. The van der Waals surface area contributed by atoms with Crippen LogP contribution in [0.25, 0.3) is 17.2 Å². The molecule has 0 bridgehead atoms. The lowest BCUT2D eigenvalue weighted by atomic mass is 9.96. The van der Waals surface area contributed by atoms with Crippen LogP contribution in [-0.4, -0.2) is 12.9 Å². The van der Waals surface area contributed by atoms with Crippen LogP contribution in [0, 0.1) is 0 Å². The number of ether oxygens (including phenoxy) is 1. The van der Waals surface area contributed by atoms with Gasteiger partial charge >= 0.3 is 0 Å². The van der Waals surface area contributed by atoms with Gasteiger partial charge in [-0.25, -0.2) is 0 Å². The Kier molecular flexibility index (Phi) is 4.87. The lowest BCUT2D eigenvalue weighted by molar-refractivity contribution is 0.104. The van der Waals surface area contributed by atoms with Gasteiger partial charge in [0.15, 0.2) is 5.78 Å². The predicted octanol–water partition coefficient (Wildman–Crippen LogP) is 5.26. The smallest absolute Gasteiger partial charge is 0.186 e. The second-order valence-corrected chi connectivity index (χ2v) is 5.35. The summed E-state index contributed by atoms with van der Waals surface area (Å²) < 4.78 is 5.31. The van der Waals surface area contributed by atoms with Crippen LogP contribution in [0.1, 0.15) is 15.9 Å².